The van der Waals surface area contributed by atoms with Gasteiger partial charge in [-0.3, -0.25) is 4.79 Å². The molecule has 7 heteroatoms. The minimum atomic E-state index is -2.13. The van der Waals surface area contributed by atoms with Crippen LogP contribution in [-0.4, -0.2) is 57.7 Å². The molecule has 0 aromatic heterocycles. The third kappa shape index (κ3) is 5.14. The maximum atomic E-state index is 12.3. The number of carbonyl (C=O) groups is 2. The lowest BCUT2D eigenvalue weighted by atomic mass is 9.85. The van der Waals surface area contributed by atoms with Gasteiger partial charge in [-0.05, 0) is 23.7 Å². The molecule has 1 aromatic rings. The lowest BCUT2D eigenvalue weighted by Crippen LogP contribution is -2.58. The van der Waals surface area contributed by atoms with Gasteiger partial charge in [0.15, 0.2) is 8.32 Å². The molecule has 0 unspecified atom stereocenters. The van der Waals surface area contributed by atoms with Crippen molar-refractivity contribution in [3.63, 3.8) is 0 Å². The molecule has 1 heterocycles. The van der Waals surface area contributed by atoms with Crippen LogP contribution in [0.15, 0.2) is 30.3 Å². The van der Waals surface area contributed by atoms with Crippen molar-refractivity contribution in [2.75, 3.05) is 20.2 Å². The Morgan fingerprint density at radius 1 is 1.07 bits per heavy atom. The molecule has 1 aliphatic heterocycles. The van der Waals surface area contributed by atoms with Crippen LogP contribution in [0.2, 0.25) is 18.1 Å². The van der Waals surface area contributed by atoms with E-state index in [2.05, 4.69) is 33.9 Å². The second-order valence-electron chi connectivity index (χ2n) is 8.88. The minimum Gasteiger partial charge on any atom is -0.460 e. The highest BCUT2D eigenvalue weighted by Gasteiger charge is 2.47. The average molecular weight is 408 g/mol. The number of rotatable bonds is 4. The molecule has 0 N–H and O–H groups in total. The maximum Gasteiger partial charge on any atom is 0.409 e. The van der Waals surface area contributed by atoms with Gasteiger partial charge in [0.05, 0.1) is 19.8 Å². The summed E-state index contributed by atoms with van der Waals surface area (Å²) in [6, 6.07) is 9.94. The highest BCUT2D eigenvalue weighted by molar-refractivity contribution is 6.74. The van der Waals surface area contributed by atoms with Crippen LogP contribution in [0.1, 0.15) is 39.2 Å². The SMILES string of the molecule is COC(=O)N1C[C@H](O[Si](C)(C)C(C)(C)C)[C@@H](c2ccccc2)[C@H](OC(C)=O)C1. The first-order valence-corrected chi connectivity index (χ1v) is 12.6. The van der Waals surface area contributed by atoms with E-state index in [0.717, 1.165) is 5.56 Å². The number of esters is 1. The van der Waals surface area contributed by atoms with Crippen LogP contribution in [0, 0.1) is 0 Å². The topological polar surface area (TPSA) is 65.1 Å². The highest BCUT2D eigenvalue weighted by atomic mass is 28.4. The van der Waals surface area contributed by atoms with E-state index in [1.54, 1.807) is 4.90 Å². The molecule has 0 bridgehead atoms. The van der Waals surface area contributed by atoms with Crippen LogP contribution in [0.25, 0.3) is 0 Å². The zero-order valence-electron chi connectivity index (χ0n) is 18.0. The molecule has 1 saturated heterocycles. The number of carbonyl (C=O) groups excluding carboxylic acids is 2. The summed E-state index contributed by atoms with van der Waals surface area (Å²) in [7, 11) is -0.773. The van der Waals surface area contributed by atoms with Gasteiger partial charge in [-0.15, -0.1) is 0 Å². The summed E-state index contributed by atoms with van der Waals surface area (Å²) in [6.07, 6.45) is -1.23. The lowest BCUT2D eigenvalue weighted by Gasteiger charge is -2.47. The smallest absolute Gasteiger partial charge is 0.409 e. The molecule has 0 aliphatic carbocycles. The maximum absolute atomic E-state index is 12.3. The van der Waals surface area contributed by atoms with Crippen molar-refractivity contribution in [2.45, 2.75) is 64.0 Å². The normalized spacial score (nSPS) is 23.2. The predicted molar refractivity (Wildman–Crippen MR) is 111 cm³/mol. The second-order valence-corrected chi connectivity index (χ2v) is 13.6. The number of likely N-dealkylation sites (tertiary alicyclic amines) is 1. The summed E-state index contributed by atoms with van der Waals surface area (Å²) < 4.78 is 17.3. The van der Waals surface area contributed by atoms with Crippen LogP contribution in [-0.2, 0) is 18.7 Å². The molecule has 0 saturated carbocycles. The summed E-state index contributed by atoms with van der Waals surface area (Å²) >= 11 is 0. The Balaban J connectivity index is 2.46. The molecular formula is C21H33NO5Si. The van der Waals surface area contributed by atoms with E-state index in [4.69, 9.17) is 13.9 Å². The summed E-state index contributed by atoms with van der Waals surface area (Å²) in [4.78, 5) is 25.6. The van der Waals surface area contributed by atoms with E-state index in [0.29, 0.717) is 6.54 Å². The Bertz CT molecular complexity index is 686. The van der Waals surface area contributed by atoms with Crippen molar-refractivity contribution in [3.05, 3.63) is 35.9 Å². The molecule has 156 valence electrons. The molecule has 28 heavy (non-hydrogen) atoms. The van der Waals surface area contributed by atoms with E-state index >= 15 is 0 Å². The number of amides is 1. The molecule has 6 nitrogen and oxygen atoms in total. The zero-order valence-corrected chi connectivity index (χ0v) is 19.0. The van der Waals surface area contributed by atoms with Crippen LogP contribution < -0.4 is 0 Å². The third-order valence-corrected chi connectivity index (χ3v) is 10.3. The first kappa shape index (κ1) is 22.4. The molecule has 1 aliphatic rings. The lowest BCUT2D eigenvalue weighted by molar-refractivity contribution is -0.152. The number of hydrogen-bond donors (Lipinski definition) is 0. The molecule has 1 amide bonds. The van der Waals surface area contributed by atoms with Gasteiger partial charge in [-0.25, -0.2) is 4.79 Å². The van der Waals surface area contributed by atoms with Gasteiger partial charge in [0.1, 0.15) is 6.10 Å². The first-order valence-electron chi connectivity index (χ1n) is 9.69. The van der Waals surface area contributed by atoms with Crippen molar-refractivity contribution in [1.29, 1.82) is 0 Å². The van der Waals surface area contributed by atoms with Gasteiger partial charge in [0.2, 0.25) is 0 Å². The fraction of sp³-hybridized carbons (Fsp3) is 0.619. The van der Waals surface area contributed by atoms with E-state index in [1.807, 2.05) is 30.3 Å². The largest absolute Gasteiger partial charge is 0.460 e. The van der Waals surface area contributed by atoms with E-state index in [9.17, 15) is 9.59 Å². The van der Waals surface area contributed by atoms with E-state index < -0.39 is 20.5 Å². The van der Waals surface area contributed by atoms with Crippen molar-refractivity contribution in [1.82, 2.24) is 4.90 Å². The molecular weight excluding hydrogens is 374 g/mol. The Labute approximate surface area is 169 Å². The third-order valence-electron chi connectivity index (χ3n) is 5.79. The Morgan fingerprint density at radius 3 is 2.14 bits per heavy atom. The van der Waals surface area contributed by atoms with Crippen molar-refractivity contribution in [3.8, 4) is 0 Å². The first-order chi connectivity index (χ1) is 13.0. The second kappa shape index (κ2) is 8.65. The number of benzene rings is 1. The summed E-state index contributed by atoms with van der Waals surface area (Å²) in [5.41, 5.74) is 1.04. The Morgan fingerprint density at radius 2 is 1.64 bits per heavy atom. The highest BCUT2D eigenvalue weighted by Crippen LogP contribution is 2.41. The van der Waals surface area contributed by atoms with Crippen molar-refractivity contribution >= 4 is 20.4 Å². The van der Waals surface area contributed by atoms with Gasteiger partial charge in [-0.1, -0.05) is 51.1 Å². The summed E-state index contributed by atoms with van der Waals surface area (Å²) in [6.45, 7) is 13.0. The molecule has 0 spiro atoms. The molecule has 3 atom stereocenters. The van der Waals surface area contributed by atoms with Crippen LogP contribution in [0.5, 0.6) is 0 Å². The number of methoxy groups -OCH3 is 1. The standard InChI is InChI=1S/C21H33NO5Si/c1-15(23)26-17-13-22(20(24)25-5)14-18(27-28(6,7)21(2,3)4)19(17)16-11-9-8-10-12-16/h8-12,17-19H,13-14H2,1-7H3/t17-,18+,19+/m1/s1. The monoisotopic (exact) mass is 407 g/mol. The van der Waals surface area contributed by atoms with E-state index in [1.165, 1.54) is 14.0 Å². The van der Waals surface area contributed by atoms with Crippen LogP contribution in [0.4, 0.5) is 4.79 Å². The fourth-order valence-electron chi connectivity index (χ4n) is 3.35. The molecule has 1 aromatic carbocycles. The minimum absolute atomic E-state index is 0.0126. The fourth-order valence-corrected chi connectivity index (χ4v) is 4.68. The Kier molecular flexibility index (Phi) is 6.93. The zero-order chi connectivity index (χ0) is 21.1. The quantitative estimate of drug-likeness (QED) is 0.553. The van der Waals surface area contributed by atoms with Gasteiger partial charge in [0, 0.05) is 19.4 Å². The van der Waals surface area contributed by atoms with Crippen molar-refractivity contribution in [2.24, 2.45) is 0 Å². The Hall–Kier alpha value is -1.86. The van der Waals surface area contributed by atoms with Crippen molar-refractivity contribution < 1.29 is 23.5 Å². The molecule has 2 rings (SSSR count). The van der Waals surface area contributed by atoms with Crippen LogP contribution >= 0.6 is 0 Å². The van der Waals surface area contributed by atoms with E-state index in [-0.39, 0.29) is 29.6 Å². The van der Waals surface area contributed by atoms with Gasteiger partial charge in [-0.2, -0.15) is 0 Å². The number of hydrogen-bond acceptors (Lipinski definition) is 5. The van der Waals surface area contributed by atoms with Gasteiger partial charge < -0.3 is 18.8 Å². The van der Waals surface area contributed by atoms with Gasteiger partial charge >= 0.3 is 12.1 Å². The number of nitrogens with zero attached hydrogens (tertiary/aromatic N) is 1. The van der Waals surface area contributed by atoms with Gasteiger partial charge in [0.25, 0.3) is 0 Å². The number of ether oxygens (including phenoxy) is 2. The molecule has 1 fully saturated rings. The predicted octanol–water partition coefficient (Wildman–Crippen LogP) is 4.17. The average Bonchev–Trinajstić information content (AvgIpc) is 2.59. The van der Waals surface area contributed by atoms with Crippen LogP contribution in [0.3, 0.4) is 0 Å². The molecule has 0 radical (unpaired) electrons. The summed E-state index contributed by atoms with van der Waals surface area (Å²) in [5, 5.41) is 0.0126. The number of piperidine rings is 1. The summed E-state index contributed by atoms with van der Waals surface area (Å²) in [5.74, 6) is -0.524.